The molecule has 3 aliphatic rings. The van der Waals surface area contributed by atoms with Gasteiger partial charge in [0.1, 0.15) is 0 Å². The van der Waals surface area contributed by atoms with E-state index in [1.807, 2.05) is 11.8 Å². The van der Waals surface area contributed by atoms with Gasteiger partial charge in [-0.05, 0) is 44.7 Å². The summed E-state index contributed by atoms with van der Waals surface area (Å²) in [7, 11) is 0. The third kappa shape index (κ3) is 3.34. The van der Waals surface area contributed by atoms with E-state index in [0.29, 0.717) is 13.0 Å². The first kappa shape index (κ1) is 16.6. The SMILES string of the molecule is CCN1CC(C(=O)N2CC[C@@H]3CNC[C@@H]3CC2)CC1=O.Cl. The van der Waals surface area contributed by atoms with E-state index < -0.39 is 0 Å². The second kappa shape index (κ2) is 6.97. The smallest absolute Gasteiger partial charge is 0.227 e. The van der Waals surface area contributed by atoms with Gasteiger partial charge in [-0.3, -0.25) is 9.59 Å². The van der Waals surface area contributed by atoms with Crippen molar-refractivity contribution in [1.29, 1.82) is 0 Å². The zero-order valence-corrected chi connectivity index (χ0v) is 13.5. The Morgan fingerprint density at radius 2 is 1.86 bits per heavy atom. The van der Waals surface area contributed by atoms with Crippen LogP contribution in [0.5, 0.6) is 0 Å². The zero-order chi connectivity index (χ0) is 14.1. The van der Waals surface area contributed by atoms with Gasteiger partial charge in [0.2, 0.25) is 11.8 Å². The van der Waals surface area contributed by atoms with Gasteiger partial charge in [0.25, 0.3) is 0 Å². The summed E-state index contributed by atoms with van der Waals surface area (Å²) in [5, 5.41) is 3.46. The highest BCUT2D eigenvalue weighted by Gasteiger charge is 2.38. The normalized spacial score (nSPS) is 32.6. The van der Waals surface area contributed by atoms with Gasteiger partial charge in [-0.2, -0.15) is 0 Å². The fraction of sp³-hybridized carbons (Fsp3) is 0.867. The molecular weight excluding hydrogens is 290 g/mol. The average Bonchev–Trinajstić information content (AvgIpc) is 3.00. The minimum Gasteiger partial charge on any atom is -0.342 e. The number of likely N-dealkylation sites (tertiary alicyclic amines) is 2. The van der Waals surface area contributed by atoms with Crippen LogP contribution in [-0.2, 0) is 9.59 Å². The molecule has 5 nitrogen and oxygen atoms in total. The molecule has 0 saturated carbocycles. The van der Waals surface area contributed by atoms with Gasteiger partial charge in [-0.15, -0.1) is 12.4 Å². The van der Waals surface area contributed by atoms with Gasteiger partial charge >= 0.3 is 0 Å². The molecular formula is C15H26ClN3O2. The average molecular weight is 316 g/mol. The van der Waals surface area contributed by atoms with Gasteiger partial charge in [0.05, 0.1) is 5.92 Å². The molecule has 3 rings (SSSR count). The van der Waals surface area contributed by atoms with Crippen molar-refractivity contribution in [2.75, 3.05) is 39.3 Å². The number of hydrogen-bond acceptors (Lipinski definition) is 3. The van der Waals surface area contributed by atoms with E-state index in [0.717, 1.165) is 57.4 Å². The van der Waals surface area contributed by atoms with Crippen molar-refractivity contribution in [1.82, 2.24) is 15.1 Å². The molecule has 0 aliphatic carbocycles. The Bertz CT molecular complexity index is 390. The molecule has 0 spiro atoms. The highest BCUT2D eigenvalue weighted by Crippen LogP contribution is 2.28. The molecule has 3 aliphatic heterocycles. The van der Waals surface area contributed by atoms with Crippen LogP contribution in [-0.4, -0.2) is 60.9 Å². The summed E-state index contributed by atoms with van der Waals surface area (Å²) in [6, 6.07) is 0. The molecule has 0 bridgehead atoms. The molecule has 1 N–H and O–H groups in total. The molecule has 0 aromatic carbocycles. The lowest BCUT2D eigenvalue weighted by atomic mass is 9.92. The molecule has 0 aromatic heterocycles. The van der Waals surface area contributed by atoms with Gasteiger partial charge in [0.15, 0.2) is 0 Å². The molecule has 21 heavy (non-hydrogen) atoms. The first-order valence-corrected chi connectivity index (χ1v) is 7.96. The quantitative estimate of drug-likeness (QED) is 0.817. The molecule has 0 aromatic rings. The fourth-order valence-corrected chi connectivity index (χ4v) is 3.94. The summed E-state index contributed by atoms with van der Waals surface area (Å²) >= 11 is 0. The molecule has 0 radical (unpaired) electrons. The lowest BCUT2D eigenvalue weighted by Crippen LogP contribution is -2.38. The van der Waals surface area contributed by atoms with Gasteiger partial charge in [0, 0.05) is 32.6 Å². The summed E-state index contributed by atoms with van der Waals surface area (Å²) in [5.41, 5.74) is 0. The van der Waals surface area contributed by atoms with Crippen LogP contribution in [0.2, 0.25) is 0 Å². The molecule has 1 unspecified atom stereocenters. The van der Waals surface area contributed by atoms with Crippen LogP contribution < -0.4 is 5.32 Å². The van der Waals surface area contributed by atoms with Crippen molar-refractivity contribution < 1.29 is 9.59 Å². The van der Waals surface area contributed by atoms with Crippen LogP contribution >= 0.6 is 12.4 Å². The number of nitrogens with zero attached hydrogens (tertiary/aromatic N) is 2. The van der Waals surface area contributed by atoms with Crippen molar-refractivity contribution in [3.05, 3.63) is 0 Å². The molecule has 3 atom stereocenters. The molecule has 3 heterocycles. The maximum Gasteiger partial charge on any atom is 0.227 e. The van der Waals surface area contributed by atoms with Crippen LogP contribution in [0.1, 0.15) is 26.2 Å². The number of rotatable bonds is 2. The van der Waals surface area contributed by atoms with Crippen molar-refractivity contribution in [3.63, 3.8) is 0 Å². The topological polar surface area (TPSA) is 52.7 Å². The maximum absolute atomic E-state index is 12.6. The van der Waals surface area contributed by atoms with Gasteiger partial charge < -0.3 is 15.1 Å². The number of carbonyl (C=O) groups excluding carboxylic acids is 2. The van der Waals surface area contributed by atoms with Crippen LogP contribution in [0, 0.1) is 17.8 Å². The summed E-state index contributed by atoms with van der Waals surface area (Å²) in [5.74, 6) is 1.73. The first-order chi connectivity index (χ1) is 9.69. The highest BCUT2D eigenvalue weighted by molar-refractivity contribution is 5.89. The summed E-state index contributed by atoms with van der Waals surface area (Å²) in [4.78, 5) is 28.2. The number of hydrogen-bond donors (Lipinski definition) is 1. The molecule has 3 saturated heterocycles. The van der Waals surface area contributed by atoms with E-state index in [2.05, 4.69) is 5.32 Å². The zero-order valence-electron chi connectivity index (χ0n) is 12.7. The monoisotopic (exact) mass is 315 g/mol. The Balaban J connectivity index is 0.00000161. The van der Waals surface area contributed by atoms with Gasteiger partial charge in [-0.1, -0.05) is 0 Å². The first-order valence-electron chi connectivity index (χ1n) is 7.96. The largest absolute Gasteiger partial charge is 0.342 e. The number of halogens is 1. The lowest BCUT2D eigenvalue weighted by molar-refractivity contribution is -0.135. The van der Waals surface area contributed by atoms with Crippen molar-refractivity contribution in [3.8, 4) is 0 Å². The van der Waals surface area contributed by atoms with E-state index in [-0.39, 0.29) is 30.1 Å². The summed E-state index contributed by atoms with van der Waals surface area (Å²) in [6.07, 6.45) is 2.64. The minimum absolute atomic E-state index is 0. The molecule has 2 amide bonds. The Morgan fingerprint density at radius 3 is 2.38 bits per heavy atom. The Kier molecular flexibility index (Phi) is 5.49. The standard InChI is InChI=1S/C15H25N3O2.ClH/c1-2-17-10-13(7-14(17)19)15(20)18-5-3-11-8-16-9-12(11)4-6-18;/h11-13,16H,2-10H2,1H3;1H/t11-,12+,13?;. The van der Waals surface area contributed by atoms with Crippen LogP contribution in [0.25, 0.3) is 0 Å². The predicted octanol–water partition coefficient (Wildman–Crippen LogP) is 0.735. The molecule has 3 fully saturated rings. The van der Waals surface area contributed by atoms with E-state index in [1.54, 1.807) is 4.90 Å². The van der Waals surface area contributed by atoms with Crippen molar-refractivity contribution >= 4 is 24.2 Å². The predicted molar refractivity (Wildman–Crippen MR) is 83.3 cm³/mol. The Labute approximate surface area is 132 Å². The highest BCUT2D eigenvalue weighted by atomic mass is 35.5. The van der Waals surface area contributed by atoms with E-state index in [9.17, 15) is 9.59 Å². The maximum atomic E-state index is 12.6. The van der Waals surface area contributed by atoms with E-state index in [4.69, 9.17) is 0 Å². The van der Waals surface area contributed by atoms with E-state index >= 15 is 0 Å². The van der Waals surface area contributed by atoms with Crippen LogP contribution in [0.3, 0.4) is 0 Å². The number of fused-ring (bicyclic) bond motifs is 1. The second-order valence-electron chi connectivity index (χ2n) is 6.41. The number of nitrogens with one attached hydrogen (secondary N) is 1. The van der Waals surface area contributed by atoms with Crippen LogP contribution in [0.15, 0.2) is 0 Å². The van der Waals surface area contributed by atoms with Crippen molar-refractivity contribution in [2.24, 2.45) is 17.8 Å². The summed E-state index contributed by atoms with van der Waals surface area (Å²) < 4.78 is 0. The minimum atomic E-state index is -0.0986. The van der Waals surface area contributed by atoms with Crippen LogP contribution in [0.4, 0.5) is 0 Å². The fourth-order valence-electron chi connectivity index (χ4n) is 3.94. The van der Waals surface area contributed by atoms with Gasteiger partial charge in [-0.25, -0.2) is 0 Å². The summed E-state index contributed by atoms with van der Waals surface area (Å²) in [6.45, 7) is 7.29. The third-order valence-corrected chi connectivity index (χ3v) is 5.28. The third-order valence-electron chi connectivity index (χ3n) is 5.28. The Hall–Kier alpha value is -0.810. The number of amides is 2. The number of carbonyl (C=O) groups is 2. The van der Waals surface area contributed by atoms with E-state index in [1.165, 1.54) is 0 Å². The van der Waals surface area contributed by atoms with Crippen molar-refractivity contribution in [2.45, 2.75) is 26.2 Å². The molecule has 120 valence electrons. The second-order valence-corrected chi connectivity index (χ2v) is 6.41. The Morgan fingerprint density at radius 1 is 1.24 bits per heavy atom. The lowest BCUT2D eigenvalue weighted by Gasteiger charge is -2.24. The molecule has 6 heteroatoms.